The van der Waals surface area contributed by atoms with E-state index in [9.17, 15) is 17.8 Å². The van der Waals surface area contributed by atoms with E-state index < -0.39 is 10.1 Å². The molecule has 1 rings (SSSR count). The van der Waals surface area contributed by atoms with Gasteiger partial charge in [-0.3, -0.25) is 4.79 Å². The summed E-state index contributed by atoms with van der Waals surface area (Å²) >= 11 is 0. The standard InChI is InChI=1S/C14H20O4S.Na/c1-2-3-4-5-6-7-14(15)12-8-10-13(11-9-12)19(16,17)18;/h8-11H,2-7H2,1H3,(H,16,17,18);/q;+1/p-1. The van der Waals surface area contributed by atoms with Crippen LogP contribution in [-0.4, -0.2) is 18.8 Å². The van der Waals surface area contributed by atoms with E-state index in [0.29, 0.717) is 12.0 Å². The van der Waals surface area contributed by atoms with E-state index >= 15 is 0 Å². The van der Waals surface area contributed by atoms with Crippen LogP contribution in [0.3, 0.4) is 0 Å². The average molecular weight is 306 g/mol. The molecule has 0 saturated carbocycles. The molecule has 0 spiro atoms. The Morgan fingerprint density at radius 3 is 2.10 bits per heavy atom. The van der Waals surface area contributed by atoms with Crippen LogP contribution in [0.1, 0.15) is 55.8 Å². The van der Waals surface area contributed by atoms with Crippen molar-refractivity contribution in [3.63, 3.8) is 0 Å². The van der Waals surface area contributed by atoms with Gasteiger partial charge in [0.2, 0.25) is 0 Å². The van der Waals surface area contributed by atoms with Crippen molar-refractivity contribution in [1.29, 1.82) is 0 Å². The molecule has 0 saturated heterocycles. The molecule has 0 heterocycles. The fourth-order valence-electron chi connectivity index (χ4n) is 1.84. The second kappa shape index (κ2) is 9.68. The van der Waals surface area contributed by atoms with E-state index in [2.05, 4.69) is 6.92 Å². The molecule has 20 heavy (non-hydrogen) atoms. The van der Waals surface area contributed by atoms with E-state index in [1.165, 1.54) is 37.1 Å². The third kappa shape index (κ3) is 6.99. The summed E-state index contributed by atoms with van der Waals surface area (Å²) in [7, 11) is -4.43. The van der Waals surface area contributed by atoms with Gasteiger partial charge in [-0.1, -0.05) is 44.7 Å². The zero-order valence-electron chi connectivity index (χ0n) is 12.1. The first kappa shape index (κ1) is 19.8. The normalized spacial score (nSPS) is 10.9. The van der Waals surface area contributed by atoms with E-state index in [4.69, 9.17) is 0 Å². The zero-order chi connectivity index (χ0) is 14.3. The fourth-order valence-corrected chi connectivity index (χ4v) is 2.31. The van der Waals surface area contributed by atoms with Crippen LogP contribution >= 0.6 is 0 Å². The Morgan fingerprint density at radius 1 is 1.05 bits per heavy atom. The molecule has 1 aromatic rings. The molecule has 0 N–H and O–H groups in total. The maximum Gasteiger partial charge on any atom is 1.00 e. The molecular formula is C14H19NaO4S. The van der Waals surface area contributed by atoms with Crippen molar-refractivity contribution in [2.45, 2.75) is 50.3 Å². The monoisotopic (exact) mass is 306 g/mol. The Labute approximate surface area is 143 Å². The first-order valence-electron chi connectivity index (χ1n) is 6.54. The molecule has 0 amide bonds. The minimum atomic E-state index is -4.43. The molecule has 0 aromatic heterocycles. The van der Waals surface area contributed by atoms with Gasteiger partial charge in [0.05, 0.1) is 4.90 Å². The fraction of sp³-hybridized carbons (Fsp3) is 0.500. The van der Waals surface area contributed by atoms with Gasteiger partial charge in [0.15, 0.2) is 5.78 Å². The number of carbonyl (C=O) groups is 1. The smallest absolute Gasteiger partial charge is 0.744 e. The van der Waals surface area contributed by atoms with Crippen LogP contribution in [-0.2, 0) is 10.1 Å². The number of ketones is 1. The molecule has 0 bridgehead atoms. The molecular weight excluding hydrogens is 287 g/mol. The first-order chi connectivity index (χ1) is 8.95. The SMILES string of the molecule is CCCCCCCC(=O)c1ccc(S(=O)(=O)[O-])cc1.[Na+]. The molecule has 0 radical (unpaired) electrons. The first-order valence-corrected chi connectivity index (χ1v) is 7.95. The van der Waals surface area contributed by atoms with Crippen LogP contribution in [0.15, 0.2) is 29.2 Å². The second-order valence-electron chi connectivity index (χ2n) is 4.57. The van der Waals surface area contributed by atoms with Crippen LogP contribution in [0.2, 0.25) is 0 Å². The van der Waals surface area contributed by atoms with Crippen LogP contribution in [0.5, 0.6) is 0 Å². The van der Waals surface area contributed by atoms with Crippen molar-refractivity contribution in [1.82, 2.24) is 0 Å². The predicted octanol–water partition coefficient (Wildman–Crippen LogP) is 0.138. The van der Waals surface area contributed by atoms with Crippen molar-refractivity contribution in [2.24, 2.45) is 0 Å². The van der Waals surface area contributed by atoms with Crippen LogP contribution in [0, 0.1) is 0 Å². The predicted molar refractivity (Wildman–Crippen MR) is 72.1 cm³/mol. The van der Waals surface area contributed by atoms with Gasteiger partial charge in [0.25, 0.3) is 0 Å². The minimum Gasteiger partial charge on any atom is -0.744 e. The molecule has 0 fully saturated rings. The molecule has 0 aliphatic rings. The Bertz CT molecular complexity index is 508. The summed E-state index contributed by atoms with van der Waals surface area (Å²) in [5.41, 5.74) is 0.461. The van der Waals surface area contributed by atoms with Crippen molar-refractivity contribution >= 4 is 15.9 Å². The number of carbonyl (C=O) groups excluding carboxylic acids is 1. The molecule has 1 aromatic carbocycles. The number of rotatable bonds is 8. The molecule has 106 valence electrons. The maximum atomic E-state index is 11.8. The number of unbranched alkanes of at least 4 members (excludes halogenated alkanes) is 4. The van der Waals surface area contributed by atoms with Gasteiger partial charge >= 0.3 is 29.6 Å². The summed E-state index contributed by atoms with van der Waals surface area (Å²) in [4.78, 5) is 11.5. The summed E-state index contributed by atoms with van der Waals surface area (Å²) in [6.07, 6.45) is 5.83. The van der Waals surface area contributed by atoms with Crippen LogP contribution < -0.4 is 29.6 Å². The summed E-state index contributed by atoms with van der Waals surface area (Å²) < 4.78 is 32.2. The number of Topliss-reactive ketones (excluding diaryl/α,β-unsaturated/α-hetero) is 1. The van der Waals surface area contributed by atoms with E-state index in [1.54, 1.807) is 0 Å². The second-order valence-corrected chi connectivity index (χ2v) is 5.95. The van der Waals surface area contributed by atoms with Crippen molar-refractivity contribution < 1.29 is 47.3 Å². The molecule has 0 unspecified atom stereocenters. The van der Waals surface area contributed by atoms with E-state index in [1.807, 2.05) is 0 Å². The van der Waals surface area contributed by atoms with Crippen LogP contribution in [0.4, 0.5) is 0 Å². The van der Waals surface area contributed by atoms with Gasteiger partial charge in [-0.2, -0.15) is 0 Å². The Hall–Kier alpha value is -0.200. The minimum absolute atomic E-state index is 0. The largest absolute Gasteiger partial charge is 1.00 e. The molecule has 0 aliphatic carbocycles. The van der Waals surface area contributed by atoms with Gasteiger partial charge < -0.3 is 4.55 Å². The van der Waals surface area contributed by atoms with Crippen LogP contribution in [0.25, 0.3) is 0 Å². The number of hydrogen-bond acceptors (Lipinski definition) is 4. The third-order valence-corrected chi connectivity index (χ3v) is 3.82. The van der Waals surface area contributed by atoms with Gasteiger partial charge in [0, 0.05) is 12.0 Å². The number of benzene rings is 1. The Kier molecular flexibility index (Phi) is 9.59. The Balaban J connectivity index is 0.00000361. The van der Waals surface area contributed by atoms with Gasteiger partial charge in [-0.25, -0.2) is 8.42 Å². The average Bonchev–Trinajstić information content (AvgIpc) is 2.37. The quantitative estimate of drug-likeness (QED) is 0.296. The Morgan fingerprint density at radius 2 is 1.60 bits per heavy atom. The third-order valence-electron chi connectivity index (χ3n) is 2.97. The van der Waals surface area contributed by atoms with E-state index in [-0.39, 0.29) is 40.2 Å². The van der Waals surface area contributed by atoms with E-state index in [0.717, 1.165) is 19.3 Å². The summed E-state index contributed by atoms with van der Waals surface area (Å²) in [6.45, 7) is 2.14. The van der Waals surface area contributed by atoms with Crippen molar-refractivity contribution in [2.75, 3.05) is 0 Å². The molecule has 0 atom stereocenters. The molecule has 6 heteroatoms. The van der Waals surface area contributed by atoms with Gasteiger partial charge in [-0.15, -0.1) is 0 Å². The zero-order valence-corrected chi connectivity index (χ0v) is 14.9. The maximum absolute atomic E-state index is 11.8. The molecule has 0 aliphatic heterocycles. The summed E-state index contributed by atoms with van der Waals surface area (Å²) in [6, 6.07) is 5.18. The van der Waals surface area contributed by atoms with Crippen molar-refractivity contribution in [3.8, 4) is 0 Å². The van der Waals surface area contributed by atoms with Gasteiger partial charge in [-0.05, 0) is 18.6 Å². The van der Waals surface area contributed by atoms with Gasteiger partial charge in [0.1, 0.15) is 10.1 Å². The topological polar surface area (TPSA) is 74.3 Å². The summed E-state index contributed by atoms with van der Waals surface area (Å²) in [5, 5.41) is 0. The summed E-state index contributed by atoms with van der Waals surface area (Å²) in [5.74, 6) is -0.00801. The van der Waals surface area contributed by atoms with Crippen molar-refractivity contribution in [3.05, 3.63) is 29.8 Å². The molecule has 4 nitrogen and oxygen atoms in total. The number of hydrogen-bond donors (Lipinski definition) is 0.